The number of rotatable bonds is 5. The van der Waals surface area contributed by atoms with Crippen molar-refractivity contribution in [3.8, 4) is 0 Å². The number of fused-ring (bicyclic) bond motifs is 1. The number of imidazole rings is 1. The first kappa shape index (κ1) is 14.0. The molecule has 2 aromatic heterocycles. The van der Waals surface area contributed by atoms with E-state index < -0.39 is 0 Å². The van der Waals surface area contributed by atoms with Gasteiger partial charge in [-0.1, -0.05) is 13.8 Å². The second kappa shape index (κ2) is 6.22. The number of nitrogens with one attached hydrogen (secondary N) is 1. The lowest BCUT2D eigenvalue weighted by Crippen LogP contribution is -2.34. The number of hydrogen-bond donors (Lipinski definition) is 1. The summed E-state index contributed by atoms with van der Waals surface area (Å²) >= 11 is 0. The van der Waals surface area contributed by atoms with E-state index in [-0.39, 0.29) is 0 Å². The summed E-state index contributed by atoms with van der Waals surface area (Å²) in [4.78, 5) is 6.59. The molecule has 0 bridgehead atoms. The minimum atomic E-state index is 0.648. The summed E-state index contributed by atoms with van der Waals surface area (Å²) in [6.45, 7) is 8.86. The first-order valence-corrected chi connectivity index (χ1v) is 7.50. The molecule has 3 rings (SSSR count). The SMILES string of the molecule is CC(C)CNCc1ccc(N2CCn3ccnc3C2)nn1. The summed E-state index contributed by atoms with van der Waals surface area (Å²) in [6, 6.07) is 4.11. The van der Waals surface area contributed by atoms with Crippen LogP contribution in [0.1, 0.15) is 25.4 Å². The normalized spacial score (nSPS) is 14.5. The van der Waals surface area contributed by atoms with E-state index in [4.69, 9.17) is 0 Å². The average Bonchev–Trinajstić information content (AvgIpc) is 2.95. The van der Waals surface area contributed by atoms with Crippen LogP contribution in [0.25, 0.3) is 0 Å². The Morgan fingerprint density at radius 1 is 1.24 bits per heavy atom. The van der Waals surface area contributed by atoms with E-state index in [1.54, 1.807) is 0 Å². The maximum Gasteiger partial charge on any atom is 0.151 e. The molecule has 3 heterocycles. The Morgan fingerprint density at radius 3 is 2.90 bits per heavy atom. The predicted molar refractivity (Wildman–Crippen MR) is 81.9 cm³/mol. The van der Waals surface area contributed by atoms with Crippen LogP contribution in [0.3, 0.4) is 0 Å². The summed E-state index contributed by atoms with van der Waals surface area (Å²) in [6.07, 6.45) is 3.88. The molecule has 1 aliphatic rings. The number of aromatic nitrogens is 4. The second-order valence-corrected chi connectivity index (χ2v) is 5.87. The van der Waals surface area contributed by atoms with E-state index in [0.29, 0.717) is 5.92 Å². The molecule has 1 N–H and O–H groups in total. The molecule has 0 fully saturated rings. The highest BCUT2D eigenvalue weighted by Gasteiger charge is 2.17. The van der Waals surface area contributed by atoms with Crippen molar-refractivity contribution in [3.63, 3.8) is 0 Å². The Morgan fingerprint density at radius 2 is 2.14 bits per heavy atom. The van der Waals surface area contributed by atoms with Crippen LogP contribution in [0.15, 0.2) is 24.5 Å². The highest BCUT2D eigenvalue weighted by Crippen LogP contribution is 2.17. The van der Waals surface area contributed by atoms with Crippen LogP contribution in [-0.4, -0.2) is 32.8 Å². The van der Waals surface area contributed by atoms with E-state index in [2.05, 4.69) is 55.9 Å². The van der Waals surface area contributed by atoms with Crippen molar-refractivity contribution in [1.29, 1.82) is 0 Å². The van der Waals surface area contributed by atoms with Crippen LogP contribution in [0.5, 0.6) is 0 Å². The van der Waals surface area contributed by atoms with Crippen LogP contribution < -0.4 is 10.2 Å². The van der Waals surface area contributed by atoms with Gasteiger partial charge < -0.3 is 14.8 Å². The van der Waals surface area contributed by atoms with Gasteiger partial charge in [0.05, 0.1) is 12.2 Å². The van der Waals surface area contributed by atoms with E-state index in [1.807, 2.05) is 12.4 Å². The van der Waals surface area contributed by atoms with E-state index >= 15 is 0 Å². The van der Waals surface area contributed by atoms with Crippen LogP contribution >= 0.6 is 0 Å². The lowest BCUT2D eigenvalue weighted by Gasteiger charge is -2.28. The van der Waals surface area contributed by atoms with Crippen molar-refractivity contribution in [2.24, 2.45) is 5.92 Å². The van der Waals surface area contributed by atoms with Crippen molar-refractivity contribution in [3.05, 3.63) is 36.0 Å². The van der Waals surface area contributed by atoms with Crippen LogP contribution in [0.2, 0.25) is 0 Å². The molecule has 2 aromatic rings. The van der Waals surface area contributed by atoms with E-state index in [1.165, 1.54) is 0 Å². The third-order valence-electron chi connectivity index (χ3n) is 3.63. The fourth-order valence-corrected chi connectivity index (χ4v) is 2.47. The van der Waals surface area contributed by atoms with Crippen molar-refractivity contribution < 1.29 is 0 Å². The molecule has 1 aliphatic heterocycles. The first-order chi connectivity index (χ1) is 10.2. The van der Waals surface area contributed by atoms with Gasteiger partial charge in [-0.3, -0.25) is 0 Å². The third kappa shape index (κ3) is 3.39. The topological polar surface area (TPSA) is 58.9 Å². The molecule has 6 nitrogen and oxygen atoms in total. The summed E-state index contributed by atoms with van der Waals surface area (Å²) in [5.41, 5.74) is 0.984. The second-order valence-electron chi connectivity index (χ2n) is 5.87. The number of anilines is 1. The Kier molecular flexibility index (Phi) is 4.15. The van der Waals surface area contributed by atoms with Crippen LogP contribution in [0, 0.1) is 5.92 Å². The highest BCUT2D eigenvalue weighted by molar-refractivity contribution is 5.38. The van der Waals surface area contributed by atoms with Gasteiger partial charge in [-0.25, -0.2) is 4.98 Å². The Bertz CT molecular complexity index is 574. The Labute approximate surface area is 125 Å². The monoisotopic (exact) mass is 286 g/mol. The molecule has 21 heavy (non-hydrogen) atoms. The van der Waals surface area contributed by atoms with Gasteiger partial charge in [0.1, 0.15) is 5.82 Å². The Hall–Kier alpha value is -1.95. The molecular weight excluding hydrogens is 264 g/mol. The van der Waals surface area contributed by atoms with Gasteiger partial charge in [0, 0.05) is 32.0 Å². The van der Waals surface area contributed by atoms with E-state index in [0.717, 1.165) is 50.1 Å². The van der Waals surface area contributed by atoms with Gasteiger partial charge in [-0.05, 0) is 24.6 Å². The summed E-state index contributed by atoms with van der Waals surface area (Å²) in [5, 5.41) is 12.0. The smallest absolute Gasteiger partial charge is 0.151 e. The zero-order valence-corrected chi connectivity index (χ0v) is 12.7. The molecule has 6 heteroatoms. The van der Waals surface area contributed by atoms with Gasteiger partial charge in [0.25, 0.3) is 0 Å². The van der Waals surface area contributed by atoms with Gasteiger partial charge in [0.2, 0.25) is 0 Å². The molecule has 0 unspecified atom stereocenters. The molecule has 0 saturated heterocycles. The Balaban J connectivity index is 1.60. The maximum atomic E-state index is 4.37. The van der Waals surface area contributed by atoms with Gasteiger partial charge in [0.15, 0.2) is 5.82 Å². The lowest BCUT2D eigenvalue weighted by atomic mass is 10.2. The van der Waals surface area contributed by atoms with E-state index in [9.17, 15) is 0 Å². The summed E-state index contributed by atoms with van der Waals surface area (Å²) in [7, 11) is 0. The quantitative estimate of drug-likeness (QED) is 0.901. The molecule has 0 saturated carbocycles. The molecule has 0 radical (unpaired) electrons. The molecule has 0 spiro atoms. The zero-order valence-electron chi connectivity index (χ0n) is 12.7. The third-order valence-corrected chi connectivity index (χ3v) is 3.63. The van der Waals surface area contributed by atoms with Crippen molar-refractivity contribution in [2.45, 2.75) is 33.5 Å². The number of hydrogen-bond acceptors (Lipinski definition) is 5. The van der Waals surface area contributed by atoms with Crippen molar-refractivity contribution in [1.82, 2.24) is 25.1 Å². The van der Waals surface area contributed by atoms with Gasteiger partial charge in [-0.15, -0.1) is 5.10 Å². The van der Waals surface area contributed by atoms with Gasteiger partial charge in [-0.2, -0.15) is 5.10 Å². The molecular formula is C15H22N6. The fourth-order valence-electron chi connectivity index (χ4n) is 2.47. The zero-order chi connectivity index (χ0) is 14.7. The largest absolute Gasteiger partial charge is 0.346 e. The van der Waals surface area contributed by atoms with Crippen molar-refractivity contribution in [2.75, 3.05) is 18.0 Å². The minimum absolute atomic E-state index is 0.648. The van der Waals surface area contributed by atoms with Gasteiger partial charge >= 0.3 is 0 Å². The first-order valence-electron chi connectivity index (χ1n) is 7.50. The molecule has 112 valence electrons. The summed E-state index contributed by atoms with van der Waals surface area (Å²) < 4.78 is 2.19. The maximum absolute atomic E-state index is 4.37. The lowest BCUT2D eigenvalue weighted by molar-refractivity contribution is 0.542. The molecule has 0 aromatic carbocycles. The van der Waals surface area contributed by atoms with Crippen LogP contribution in [0.4, 0.5) is 5.82 Å². The van der Waals surface area contributed by atoms with Crippen molar-refractivity contribution >= 4 is 5.82 Å². The molecule has 0 aliphatic carbocycles. The number of nitrogens with zero attached hydrogens (tertiary/aromatic N) is 5. The molecule has 0 amide bonds. The summed E-state index contributed by atoms with van der Waals surface area (Å²) in [5.74, 6) is 2.66. The van der Waals surface area contributed by atoms with Crippen LogP contribution in [-0.2, 0) is 19.6 Å². The standard InChI is InChI=1S/C15H22N6/c1-12(2)9-16-10-13-3-4-14(19-18-13)21-8-7-20-6-5-17-15(20)11-21/h3-6,12,16H,7-11H2,1-2H3. The predicted octanol–water partition coefficient (Wildman–Crippen LogP) is 1.44. The fraction of sp³-hybridized carbons (Fsp3) is 0.533. The average molecular weight is 286 g/mol. The highest BCUT2D eigenvalue weighted by atomic mass is 15.3. The molecule has 0 atom stereocenters. The minimum Gasteiger partial charge on any atom is -0.346 e.